The van der Waals surface area contributed by atoms with E-state index in [2.05, 4.69) is 9.95 Å². The van der Waals surface area contributed by atoms with Crippen molar-refractivity contribution in [3.8, 4) is 33.8 Å². The van der Waals surface area contributed by atoms with E-state index < -0.39 is 10.4 Å². The number of diazo groups is 2. The number of ether oxygens (including phenoxy) is 2. The monoisotopic (exact) mass is 518 g/mol. The van der Waals surface area contributed by atoms with E-state index >= 15 is 0 Å². The second kappa shape index (κ2) is 13.9. The van der Waals surface area contributed by atoms with Crippen LogP contribution < -0.4 is 9.47 Å². The Morgan fingerprint density at radius 2 is 0.919 bits per heavy atom. The molecule has 0 amide bonds. The molecule has 37 heavy (non-hydrogen) atoms. The number of hydrogen-bond donors (Lipinski definition) is 0. The number of hydrogen-bond acceptors (Lipinski definition) is 8. The molecule has 4 rings (SSSR count). The molecule has 0 spiro atoms. The molecule has 10 nitrogen and oxygen atoms in total. The smallest absolute Gasteiger partial charge is 0.426 e. The van der Waals surface area contributed by atoms with Gasteiger partial charge in [-0.25, -0.2) is 0 Å². The molecule has 0 unspecified atom stereocenters. The fourth-order valence-electron chi connectivity index (χ4n) is 3.14. The first-order valence-electron chi connectivity index (χ1n) is 10.5. The van der Waals surface area contributed by atoms with Crippen molar-refractivity contribution in [2.24, 2.45) is 0 Å². The molecule has 4 aromatic carbocycles. The van der Waals surface area contributed by atoms with Crippen LogP contribution in [-0.2, 0) is 10.4 Å². The predicted molar refractivity (Wildman–Crippen MR) is 137 cm³/mol. The summed E-state index contributed by atoms with van der Waals surface area (Å²) in [5.41, 5.74) is 5.13. The summed E-state index contributed by atoms with van der Waals surface area (Å²) in [6.45, 7) is 0. The molecule has 0 radical (unpaired) electrons. The van der Waals surface area contributed by atoms with E-state index in [0.717, 1.165) is 22.3 Å². The fourth-order valence-corrected chi connectivity index (χ4v) is 3.14. The molecule has 0 saturated carbocycles. The van der Waals surface area contributed by atoms with Gasteiger partial charge in [0, 0.05) is 22.5 Å². The summed E-state index contributed by atoms with van der Waals surface area (Å²) in [7, 11) is -2.06. The Bertz CT molecular complexity index is 1390. The van der Waals surface area contributed by atoms with Crippen LogP contribution in [0, 0.1) is 10.8 Å². The molecule has 0 aliphatic rings. The van der Waals surface area contributed by atoms with Gasteiger partial charge >= 0.3 is 11.4 Å². The number of nitrogens with zero attached hydrogens (tertiary/aromatic N) is 4. The van der Waals surface area contributed by atoms with Gasteiger partial charge in [-0.15, -0.1) is 0 Å². The molecule has 0 bridgehead atoms. The van der Waals surface area contributed by atoms with Crippen LogP contribution in [0.15, 0.2) is 97.1 Å². The highest BCUT2D eigenvalue weighted by atomic mass is 32.3. The normalized spacial score (nSPS) is 9.78. The van der Waals surface area contributed by atoms with Gasteiger partial charge in [0.25, 0.3) is 0 Å². The number of benzene rings is 4. The number of rotatable bonds is 4. The first-order valence-corrected chi connectivity index (χ1v) is 11.9. The van der Waals surface area contributed by atoms with Gasteiger partial charge in [0.05, 0.1) is 14.2 Å². The van der Waals surface area contributed by atoms with Gasteiger partial charge in [0.15, 0.2) is 9.95 Å². The summed E-state index contributed by atoms with van der Waals surface area (Å²) in [4.78, 5) is 6.30. The maximum atomic E-state index is 8.76. The lowest BCUT2D eigenvalue weighted by Crippen LogP contribution is -1.91. The molecule has 0 heterocycles. The lowest BCUT2D eigenvalue weighted by atomic mass is 10.1. The average Bonchev–Trinajstić information content (AvgIpc) is 2.92. The largest absolute Gasteiger partial charge is 0.759 e. The molecule has 0 fully saturated rings. The molecule has 0 aromatic heterocycles. The average molecular weight is 519 g/mol. The molecule has 0 aliphatic carbocycles. The standard InChI is InChI=1S/2C13H11N2O.H2O4S/c2*1-16-13-9-11(7-8-12(13)15-14)10-5-3-2-4-6-10;1-5(2,3)4/h2*2-9H,1H3;(H2,1,2,3,4)/q2*+1;/p-2. The predicted octanol–water partition coefficient (Wildman–Crippen LogP) is 6.36. The van der Waals surface area contributed by atoms with Gasteiger partial charge in [-0.2, -0.15) is 0 Å². The third-order valence-electron chi connectivity index (χ3n) is 4.79. The highest BCUT2D eigenvalue weighted by Gasteiger charge is 2.15. The van der Waals surface area contributed by atoms with Crippen LogP contribution in [0.4, 0.5) is 11.4 Å². The van der Waals surface area contributed by atoms with Crippen molar-refractivity contribution in [1.82, 2.24) is 0 Å². The molecule has 0 atom stereocenters. The zero-order valence-corrected chi connectivity index (χ0v) is 20.7. The molecule has 0 saturated heterocycles. The van der Waals surface area contributed by atoms with Crippen molar-refractivity contribution in [3.63, 3.8) is 0 Å². The summed E-state index contributed by atoms with van der Waals surface area (Å²) < 4.78 is 44.4. The molecular weight excluding hydrogens is 496 g/mol. The van der Waals surface area contributed by atoms with E-state index in [9.17, 15) is 0 Å². The molecule has 4 aromatic rings. The van der Waals surface area contributed by atoms with E-state index in [-0.39, 0.29) is 0 Å². The zero-order chi connectivity index (χ0) is 27.3. The highest BCUT2D eigenvalue weighted by Crippen LogP contribution is 2.33. The van der Waals surface area contributed by atoms with Gasteiger partial charge in [0.2, 0.25) is 22.3 Å². The first kappa shape index (κ1) is 28.4. The Morgan fingerprint density at radius 1 is 0.595 bits per heavy atom. The van der Waals surface area contributed by atoms with Crippen molar-refractivity contribution < 1.29 is 27.0 Å². The minimum absolute atomic E-state index is 0.433. The summed E-state index contributed by atoms with van der Waals surface area (Å²) in [5.74, 6) is 1.12. The van der Waals surface area contributed by atoms with Crippen LogP contribution in [-0.4, -0.2) is 31.7 Å². The molecule has 0 N–H and O–H groups in total. The molecule has 0 aliphatic heterocycles. The van der Waals surface area contributed by atoms with Crippen molar-refractivity contribution >= 4 is 21.8 Å². The maximum Gasteiger partial charge on any atom is 0.426 e. The van der Waals surface area contributed by atoms with Gasteiger partial charge < -0.3 is 18.6 Å². The minimum Gasteiger partial charge on any atom is -0.759 e. The number of methoxy groups -OCH3 is 2. The van der Waals surface area contributed by atoms with E-state index in [1.807, 2.05) is 84.9 Å². The van der Waals surface area contributed by atoms with Crippen molar-refractivity contribution in [1.29, 1.82) is 10.8 Å². The quantitative estimate of drug-likeness (QED) is 0.172. The van der Waals surface area contributed by atoms with E-state index in [1.54, 1.807) is 26.4 Å². The third-order valence-corrected chi connectivity index (χ3v) is 4.79. The zero-order valence-electron chi connectivity index (χ0n) is 19.9. The Kier molecular flexibility index (Phi) is 10.7. The van der Waals surface area contributed by atoms with E-state index in [0.29, 0.717) is 22.9 Å². The second-order valence-corrected chi connectivity index (χ2v) is 7.93. The van der Waals surface area contributed by atoms with Gasteiger partial charge in [-0.3, -0.25) is 8.42 Å². The van der Waals surface area contributed by atoms with Crippen LogP contribution in [0.25, 0.3) is 32.2 Å². The lowest BCUT2D eigenvalue weighted by molar-refractivity contribution is 0.352. The molecule has 188 valence electrons. The van der Waals surface area contributed by atoms with Crippen LogP contribution in [0.5, 0.6) is 11.5 Å². The summed E-state index contributed by atoms with van der Waals surface area (Å²) in [6.07, 6.45) is 0. The second-order valence-electron chi connectivity index (χ2n) is 7.11. The van der Waals surface area contributed by atoms with Crippen molar-refractivity contribution in [2.75, 3.05) is 14.2 Å². The molecule has 11 heteroatoms. The Balaban J connectivity index is 0.000000221. The first-order chi connectivity index (χ1) is 17.7. The van der Waals surface area contributed by atoms with Gasteiger partial charge in [-0.05, 0) is 46.5 Å². The Morgan fingerprint density at radius 3 is 1.19 bits per heavy atom. The fraction of sp³-hybridized carbons (Fsp3) is 0.0769. The maximum absolute atomic E-state index is 8.76. The minimum atomic E-state index is -5.17. The van der Waals surface area contributed by atoms with Crippen molar-refractivity contribution in [3.05, 3.63) is 107 Å². The summed E-state index contributed by atoms with van der Waals surface area (Å²) in [5, 5.41) is 17.5. The highest BCUT2D eigenvalue weighted by molar-refractivity contribution is 7.79. The third kappa shape index (κ3) is 9.39. The van der Waals surface area contributed by atoms with Crippen molar-refractivity contribution in [2.45, 2.75) is 0 Å². The SMILES string of the molecule is COc1cc(-c2ccccc2)ccc1[N+]#N.COc1cc(-c2ccccc2)ccc1[N+]#N.O=S(=O)([O-])[O-]. The van der Waals surface area contributed by atoms with E-state index in [4.69, 9.17) is 37.8 Å². The van der Waals surface area contributed by atoms with Crippen LogP contribution >= 0.6 is 0 Å². The lowest BCUT2D eigenvalue weighted by Gasteiger charge is -2.06. The topological polar surface area (TPSA) is 155 Å². The summed E-state index contributed by atoms with van der Waals surface area (Å²) in [6, 6.07) is 30.9. The Labute approximate surface area is 214 Å². The van der Waals surface area contributed by atoms with Crippen LogP contribution in [0.1, 0.15) is 0 Å². The van der Waals surface area contributed by atoms with Gasteiger partial charge in [0.1, 0.15) is 0 Å². The van der Waals surface area contributed by atoms with Crippen LogP contribution in [0.3, 0.4) is 0 Å². The van der Waals surface area contributed by atoms with Gasteiger partial charge in [-0.1, -0.05) is 60.7 Å². The van der Waals surface area contributed by atoms with Crippen LogP contribution in [0.2, 0.25) is 0 Å². The molecular formula is C26H22N4O6S. The van der Waals surface area contributed by atoms with E-state index in [1.165, 1.54) is 0 Å². The Hall–Kier alpha value is -4.81. The summed E-state index contributed by atoms with van der Waals surface area (Å²) >= 11 is 0.